The number of anilines is 1. The monoisotopic (exact) mass is 433 g/mol. The number of nitrogens with two attached hydrogens (primary N) is 1. The van der Waals surface area contributed by atoms with Crippen molar-refractivity contribution in [2.45, 2.75) is 24.8 Å². The van der Waals surface area contributed by atoms with Crippen molar-refractivity contribution in [3.05, 3.63) is 46.3 Å². The largest absolute Gasteiger partial charge is 0.462 e. The van der Waals surface area contributed by atoms with E-state index in [-0.39, 0.29) is 34.4 Å². The molecule has 0 atom stereocenters. The van der Waals surface area contributed by atoms with Crippen LogP contribution in [0.5, 0.6) is 0 Å². The average Bonchev–Trinajstić information content (AvgIpc) is 3.32. The van der Waals surface area contributed by atoms with E-state index < -0.39 is 11.9 Å². The number of benzene rings is 1. The van der Waals surface area contributed by atoms with Crippen LogP contribution in [0.1, 0.15) is 39.4 Å². The Morgan fingerprint density at radius 2 is 1.79 bits per heavy atom. The van der Waals surface area contributed by atoms with Crippen molar-refractivity contribution in [3.63, 3.8) is 0 Å². The molecule has 1 aromatic carbocycles. The van der Waals surface area contributed by atoms with E-state index in [0.29, 0.717) is 16.7 Å². The molecular weight excluding hydrogens is 414 g/mol. The summed E-state index contributed by atoms with van der Waals surface area (Å²) in [5.74, 6) is -0.519. The molecule has 0 amide bonds. The molecule has 8 nitrogen and oxygen atoms in total. The lowest BCUT2D eigenvalue weighted by atomic mass is 10.1. The number of carbonyl (C=O) groups excluding carboxylic acids is 2. The van der Waals surface area contributed by atoms with Crippen LogP contribution in [0.15, 0.2) is 40.0 Å². The van der Waals surface area contributed by atoms with Crippen LogP contribution in [0.3, 0.4) is 0 Å². The maximum absolute atomic E-state index is 12.4. The van der Waals surface area contributed by atoms with Crippen molar-refractivity contribution in [1.82, 2.24) is 10.2 Å². The number of nitrogen functional groups attached to an aromatic ring is 1. The highest BCUT2D eigenvalue weighted by Crippen LogP contribution is 2.36. The minimum atomic E-state index is -0.581. The van der Waals surface area contributed by atoms with E-state index in [0.717, 1.165) is 16.9 Å². The highest BCUT2D eigenvalue weighted by Gasteiger charge is 2.28. The highest BCUT2D eigenvalue weighted by atomic mass is 32.2. The van der Waals surface area contributed by atoms with Crippen molar-refractivity contribution in [3.8, 4) is 11.5 Å². The molecule has 0 fully saturated rings. The molecule has 2 N–H and O–H groups in total. The van der Waals surface area contributed by atoms with Crippen molar-refractivity contribution in [2.75, 3.05) is 18.9 Å². The Bertz CT molecular complexity index is 1000. The van der Waals surface area contributed by atoms with Gasteiger partial charge in [-0.3, -0.25) is 0 Å². The molecule has 0 saturated heterocycles. The minimum Gasteiger partial charge on any atom is -0.462 e. The third kappa shape index (κ3) is 4.77. The maximum atomic E-state index is 12.4. The Balaban J connectivity index is 1.86. The number of nitrogens with zero attached hydrogens (tertiary/aromatic N) is 2. The first kappa shape index (κ1) is 20.9. The Morgan fingerprint density at radius 3 is 2.48 bits per heavy atom. The zero-order chi connectivity index (χ0) is 20.8. The predicted molar refractivity (Wildman–Crippen MR) is 110 cm³/mol. The van der Waals surface area contributed by atoms with E-state index in [1.54, 1.807) is 13.8 Å². The molecule has 29 heavy (non-hydrogen) atoms. The summed E-state index contributed by atoms with van der Waals surface area (Å²) in [7, 11) is 0. The number of thioether (sulfide) groups is 1. The van der Waals surface area contributed by atoms with E-state index >= 15 is 0 Å². The van der Waals surface area contributed by atoms with E-state index in [4.69, 9.17) is 19.6 Å². The van der Waals surface area contributed by atoms with Gasteiger partial charge in [0.2, 0.25) is 5.89 Å². The van der Waals surface area contributed by atoms with Gasteiger partial charge in [0.25, 0.3) is 5.22 Å². The Kier molecular flexibility index (Phi) is 6.89. The molecule has 0 aliphatic rings. The molecule has 0 spiro atoms. The second-order valence-electron chi connectivity index (χ2n) is 5.62. The molecule has 0 saturated carbocycles. The SMILES string of the molecule is CCOC(=O)c1sc(N)c(C(=O)OCC)c1CSc1nnc(-c2ccccc2)o1. The fourth-order valence-electron chi connectivity index (χ4n) is 2.51. The van der Waals surface area contributed by atoms with Gasteiger partial charge in [-0.25, -0.2) is 9.59 Å². The molecule has 0 bridgehead atoms. The van der Waals surface area contributed by atoms with Gasteiger partial charge in [0.15, 0.2) is 0 Å². The van der Waals surface area contributed by atoms with Crippen LogP contribution in [0.4, 0.5) is 5.00 Å². The molecule has 2 heterocycles. The summed E-state index contributed by atoms with van der Waals surface area (Å²) in [4.78, 5) is 25.0. The lowest BCUT2D eigenvalue weighted by Gasteiger charge is -2.06. The summed E-state index contributed by atoms with van der Waals surface area (Å²) in [5.41, 5.74) is 7.42. The second-order valence-corrected chi connectivity index (χ2v) is 7.60. The average molecular weight is 434 g/mol. The molecule has 10 heteroatoms. The van der Waals surface area contributed by atoms with Gasteiger partial charge >= 0.3 is 11.9 Å². The maximum Gasteiger partial charge on any atom is 0.348 e. The molecule has 0 unspecified atom stereocenters. The third-order valence-corrected chi connectivity index (χ3v) is 5.63. The fraction of sp³-hybridized carbons (Fsp3) is 0.263. The van der Waals surface area contributed by atoms with Crippen molar-refractivity contribution in [1.29, 1.82) is 0 Å². The number of hydrogen-bond acceptors (Lipinski definition) is 10. The van der Waals surface area contributed by atoms with Gasteiger partial charge in [-0.05, 0) is 26.0 Å². The predicted octanol–water partition coefficient (Wildman–Crippen LogP) is 4.03. The van der Waals surface area contributed by atoms with Gasteiger partial charge in [-0.1, -0.05) is 30.0 Å². The van der Waals surface area contributed by atoms with Gasteiger partial charge in [-0.2, -0.15) is 0 Å². The molecule has 152 valence electrons. The summed E-state index contributed by atoms with van der Waals surface area (Å²) < 4.78 is 15.9. The van der Waals surface area contributed by atoms with Crippen LogP contribution < -0.4 is 5.73 Å². The number of rotatable bonds is 8. The summed E-state index contributed by atoms with van der Waals surface area (Å²) >= 11 is 2.20. The Morgan fingerprint density at radius 1 is 1.10 bits per heavy atom. The number of carbonyl (C=O) groups is 2. The first-order chi connectivity index (χ1) is 14.0. The van der Waals surface area contributed by atoms with Crippen LogP contribution in [-0.4, -0.2) is 35.3 Å². The number of aromatic nitrogens is 2. The van der Waals surface area contributed by atoms with E-state index in [9.17, 15) is 9.59 Å². The van der Waals surface area contributed by atoms with Crippen molar-refractivity contribution in [2.24, 2.45) is 0 Å². The summed E-state index contributed by atoms with van der Waals surface area (Å²) in [6.45, 7) is 3.81. The second kappa shape index (κ2) is 9.57. The third-order valence-electron chi connectivity index (χ3n) is 3.74. The van der Waals surface area contributed by atoms with Gasteiger partial charge in [-0.15, -0.1) is 21.5 Å². The van der Waals surface area contributed by atoms with Gasteiger partial charge in [0.1, 0.15) is 9.88 Å². The summed E-state index contributed by atoms with van der Waals surface area (Å²) in [5, 5.41) is 8.57. The lowest BCUT2D eigenvalue weighted by Crippen LogP contribution is -2.11. The van der Waals surface area contributed by atoms with Crippen molar-refractivity contribution < 1.29 is 23.5 Å². The van der Waals surface area contributed by atoms with E-state index in [1.807, 2.05) is 30.3 Å². The summed E-state index contributed by atoms with van der Waals surface area (Å²) in [6, 6.07) is 9.36. The normalized spacial score (nSPS) is 10.7. The summed E-state index contributed by atoms with van der Waals surface area (Å²) in [6.07, 6.45) is 0. The van der Waals surface area contributed by atoms with Gasteiger partial charge in [0.05, 0.1) is 18.8 Å². The number of hydrogen-bond donors (Lipinski definition) is 1. The minimum absolute atomic E-state index is 0.176. The van der Waals surface area contributed by atoms with Gasteiger partial charge in [0, 0.05) is 16.9 Å². The quantitative estimate of drug-likeness (QED) is 0.415. The Hall–Kier alpha value is -2.85. The standard InChI is InChI=1S/C19H19N3O5S2/c1-3-25-17(23)13-12(14(29-15(13)20)18(24)26-4-2)10-28-19-22-21-16(27-19)11-8-6-5-7-9-11/h5-9H,3-4,10,20H2,1-2H3. The lowest BCUT2D eigenvalue weighted by molar-refractivity contribution is 0.0527. The number of esters is 2. The smallest absolute Gasteiger partial charge is 0.348 e. The molecular formula is C19H19N3O5S2. The molecule has 3 aromatic rings. The fourth-order valence-corrected chi connectivity index (χ4v) is 4.36. The highest BCUT2D eigenvalue weighted by molar-refractivity contribution is 7.98. The first-order valence-corrected chi connectivity index (χ1v) is 10.6. The number of ether oxygens (including phenoxy) is 2. The Labute approximate surface area is 175 Å². The van der Waals surface area contributed by atoms with Crippen molar-refractivity contribution >= 4 is 40.0 Å². The van der Waals surface area contributed by atoms with E-state index in [2.05, 4.69) is 10.2 Å². The molecule has 0 radical (unpaired) electrons. The van der Waals surface area contributed by atoms with Crippen LogP contribution in [0.25, 0.3) is 11.5 Å². The van der Waals surface area contributed by atoms with Crippen LogP contribution in [-0.2, 0) is 15.2 Å². The van der Waals surface area contributed by atoms with Crippen LogP contribution >= 0.6 is 23.1 Å². The molecule has 3 rings (SSSR count). The zero-order valence-corrected chi connectivity index (χ0v) is 17.5. The zero-order valence-electron chi connectivity index (χ0n) is 15.8. The van der Waals surface area contributed by atoms with Crippen LogP contribution in [0, 0.1) is 0 Å². The van der Waals surface area contributed by atoms with E-state index in [1.165, 1.54) is 11.8 Å². The molecule has 0 aliphatic carbocycles. The molecule has 2 aromatic heterocycles. The van der Waals surface area contributed by atoms with Gasteiger partial charge < -0.3 is 19.6 Å². The van der Waals surface area contributed by atoms with Crippen LogP contribution in [0.2, 0.25) is 0 Å². The topological polar surface area (TPSA) is 118 Å². The molecule has 0 aliphatic heterocycles. The first-order valence-electron chi connectivity index (χ1n) is 8.82. The number of thiophene rings is 1.